The number of carbonyl (C=O) groups is 1. The summed E-state index contributed by atoms with van der Waals surface area (Å²) < 4.78 is 0.952. The van der Waals surface area contributed by atoms with Gasteiger partial charge in [0.1, 0.15) is 11.5 Å². The summed E-state index contributed by atoms with van der Waals surface area (Å²) in [6, 6.07) is 19.2. The molecule has 114 valence electrons. The van der Waals surface area contributed by atoms with Crippen LogP contribution in [0, 0.1) is 0 Å². The van der Waals surface area contributed by atoms with Crippen molar-refractivity contribution < 1.29 is 9.90 Å². The van der Waals surface area contributed by atoms with Crippen LogP contribution in [0.15, 0.2) is 65.7 Å². The average molecular weight is 329 g/mol. The van der Waals surface area contributed by atoms with Gasteiger partial charge < -0.3 is 5.11 Å². The van der Waals surface area contributed by atoms with Crippen molar-refractivity contribution in [2.75, 3.05) is 0 Å². The number of nitrogens with zero attached hydrogens (tertiary/aromatic N) is 1. The van der Waals surface area contributed by atoms with Gasteiger partial charge in [0.25, 0.3) is 0 Å². The number of aromatic hydroxyl groups is 1. The second kappa shape index (κ2) is 4.76. The van der Waals surface area contributed by atoms with Crippen LogP contribution < -0.4 is 0 Å². The largest absolute Gasteiger partial charge is 0.506 e. The van der Waals surface area contributed by atoms with E-state index in [9.17, 15) is 9.90 Å². The maximum absolute atomic E-state index is 12.7. The van der Waals surface area contributed by atoms with Gasteiger partial charge in [-0.15, -0.1) is 11.3 Å². The number of thiophene rings is 1. The number of benzene rings is 3. The van der Waals surface area contributed by atoms with E-state index in [1.807, 2.05) is 54.6 Å². The van der Waals surface area contributed by atoms with E-state index in [1.54, 1.807) is 6.07 Å². The summed E-state index contributed by atoms with van der Waals surface area (Å²) >= 11 is 1.41. The third-order valence-corrected chi connectivity index (χ3v) is 5.52. The first-order chi connectivity index (χ1) is 11.7. The predicted molar refractivity (Wildman–Crippen MR) is 98.0 cm³/mol. The van der Waals surface area contributed by atoms with Crippen molar-refractivity contribution >= 4 is 49.4 Å². The number of hydrogen-bond donors (Lipinski definition) is 1. The number of Topliss-reactive ketones (excluding diaryl/α,β-unsaturated/α-hetero) is 1. The van der Waals surface area contributed by atoms with Crippen molar-refractivity contribution in [3.8, 4) is 5.75 Å². The van der Waals surface area contributed by atoms with E-state index in [0.717, 1.165) is 20.9 Å². The molecule has 4 aromatic rings. The molecule has 1 N–H and O–H groups in total. The van der Waals surface area contributed by atoms with Crippen molar-refractivity contribution in [2.45, 2.75) is 0 Å². The van der Waals surface area contributed by atoms with E-state index in [1.165, 1.54) is 11.3 Å². The average Bonchev–Trinajstić information content (AvgIpc) is 3.13. The molecule has 0 spiro atoms. The van der Waals surface area contributed by atoms with Crippen LogP contribution in [0.4, 0.5) is 5.69 Å². The summed E-state index contributed by atoms with van der Waals surface area (Å²) in [5, 5.41) is 13.7. The second-order valence-corrected chi connectivity index (χ2v) is 6.80. The van der Waals surface area contributed by atoms with Crippen LogP contribution in [0.3, 0.4) is 0 Å². The van der Waals surface area contributed by atoms with Crippen LogP contribution >= 0.6 is 11.3 Å². The zero-order chi connectivity index (χ0) is 16.3. The fourth-order valence-electron chi connectivity index (χ4n) is 3.23. The Labute approximate surface area is 141 Å². The predicted octanol–water partition coefficient (Wildman–Crippen LogP) is 5.08. The summed E-state index contributed by atoms with van der Waals surface area (Å²) in [6.45, 7) is 0. The molecule has 0 saturated heterocycles. The van der Waals surface area contributed by atoms with E-state index in [2.05, 4.69) is 4.99 Å². The van der Waals surface area contributed by atoms with Crippen molar-refractivity contribution in [3.63, 3.8) is 0 Å². The molecule has 3 aromatic carbocycles. The molecule has 24 heavy (non-hydrogen) atoms. The lowest BCUT2D eigenvalue weighted by atomic mass is 10.0. The van der Waals surface area contributed by atoms with Crippen LogP contribution in [-0.4, -0.2) is 16.6 Å². The van der Waals surface area contributed by atoms with Gasteiger partial charge in [0.05, 0.1) is 10.6 Å². The number of ketones is 1. The Hall–Kier alpha value is -2.98. The first-order valence-corrected chi connectivity index (χ1v) is 8.42. The van der Waals surface area contributed by atoms with Gasteiger partial charge in [-0.3, -0.25) is 4.79 Å². The second-order valence-electron chi connectivity index (χ2n) is 5.75. The normalized spacial score (nSPS) is 13.5. The van der Waals surface area contributed by atoms with Crippen molar-refractivity contribution in [2.24, 2.45) is 4.99 Å². The Balaban J connectivity index is 1.79. The number of aliphatic imine (C=N–C) groups is 1. The summed E-state index contributed by atoms with van der Waals surface area (Å²) in [4.78, 5) is 17.7. The van der Waals surface area contributed by atoms with E-state index in [4.69, 9.17) is 0 Å². The first kappa shape index (κ1) is 13.5. The molecule has 0 amide bonds. The Morgan fingerprint density at radius 1 is 0.917 bits per heavy atom. The summed E-state index contributed by atoms with van der Waals surface area (Å²) in [6.07, 6.45) is 0. The number of hydrogen-bond acceptors (Lipinski definition) is 4. The highest BCUT2D eigenvalue weighted by atomic mass is 32.1. The summed E-state index contributed by atoms with van der Waals surface area (Å²) in [7, 11) is 0. The molecule has 0 aliphatic carbocycles. The number of rotatable bonds is 1. The minimum atomic E-state index is -0.128. The Morgan fingerprint density at radius 2 is 1.71 bits per heavy atom. The van der Waals surface area contributed by atoms with E-state index in [-0.39, 0.29) is 11.5 Å². The highest BCUT2D eigenvalue weighted by Gasteiger charge is 2.29. The number of carbonyl (C=O) groups excluding carboxylic acids is 1. The topological polar surface area (TPSA) is 49.7 Å². The van der Waals surface area contributed by atoms with Gasteiger partial charge in [0, 0.05) is 15.6 Å². The lowest BCUT2D eigenvalue weighted by molar-refractivity contribution is 0.107. The molecular weight excluding hydrogens is 318 g/mol. The van der Waals surface area contributed by atoms with Crippen LogP contribution in [0.2, 0.25) is 0 Å². The lowest BCUT2D eigenvalue weighted by Gasteiger charge is -2.00. The zero-order valence-corrected chi connectivity index (χ0v) is 13.3. The van der Waals surface area contributed by atoms with Gasteiger partial charge in [-0.1, -0.05) is 42.5 Å². The molecule has 0 bridgehead atoms. The van der Waals surface area contributed by atoms with Gasteiger partial charge in [-0.05, 0) is 29.0 Å². The maximum Gasteiger partial charge on any atom is 0.215 e. The minimum Gasteiger partial charge on any atom is -0.506 e. The fraction of sp³-hybridized carbons (Fsp3) is 0. The van der Waals surface area contributed by atoms with Crippen molar-refractivity contribution in [1.82, 2.24) is 0 Å². The third-order valence-electron chi connectivity index (χ3n) is 4.37. The quantitative estimate of drug-likeness (QED) is 0.529. The van der Waals surface area contributed by atoms with Crippen molar-refractivity contribution in [3.05, 3.63) is 71.1 Å². The SMILES string of the molecule is O=C1C(c2sc3ccc4ccccc4c3c2O)=Nc2ccccc21. The van der Waals surface area contributed by atoms with Gasteiger partial charge >= 0.3 is 0 Å². The highest BCUT2D eigenvalue weighted by molar-refractivity contribution is 7.22. The fourth-order valence-corrected chi connectivity index (χ4v) is 4.33. The molecule has 4 heteroatoms. The van der Waals surface area contributed by atoms with Crippen LogP contribution in [0.5, 0.6) is 5.75 Å². The smallest absolute Gasteiger partial charge is 0.215 e. The molecule has 0 atom stereocenters. The molecule has 0 radical (unpaired) electrons. The first-order valence-electron chi connectivity index (χ1n) is 7.60. The van der Waals surface area contributed by atoms with Crippen LogP contribution in [-0.2, 0) is 0 Å². The molecule has 0 fully saturated rings. The lowest BCUT2D eigenvalue weighted by Crippen LogP contribution is -2.09. The molecule has 1 aliphatic rings. The molecular formula is C20H11NO2S. The van der Waals surface area contributed by atoms with Gasteiger partial charge in [-0.2, -0.15) is 0 Å². The minimum absolute atomic E-state index is 0.128. The van der Waals surface area contributed by atoms with E-state index < -0.39 is 0 Å². The van der Waals surface area contributed by atoms with Crippen LogP contribution in [0.25, 0.3) is 20.9 Å². The highest BCUT2D eigenvalue weighted by Crippen LogP contribution is 2.43. The Kier molecular flexibility index (Phi) is 2.67. The molecule has 3 nitrogen and oxygen atoms in total. The Bertz CT molecular complexity index is 1190. The summed E-state index contributed by atoms with van der Waals surface area (Å²) in [5.74, 6) is 0.0171. The van der Waals surface area contributed by atoms with E-state index in [0.29, 0.717) is 21.8 Å². The molecule has 1 aromatic heterocycles. The summed E-state index contributed by atoms with van der Waals surface area (Å²) in [5.41, 5.74) is 1.59. The standard InChI is InChI=1S/C20H11NO2S/c22-18-13-7-3-4-8-14(13)21-17(18)20-19(23)16-12-6-2-1-5-11(12)9-10-15(16)24-20/h1-10,23H. The maximum atomic E-state index is 12.7. The zero-order valence-electron chi connectivity index (χ0n) is 12.5. The number of fused-ring (bicyclic) bond motifs is 4. The molecule has 0 saturated carbocycles. The molecule has 1 aliphatic heterocycles. The van der Waals surface area contributed by atoms with E-state index >= 15 is 0 Å². The molecule has 5 rings (SSSR count). The monoisotopic (exact) mass is 329 g/mol. The van der Waals surface area contributed by atoms with Gasteiger partial charge in [0.2, 0.25) is 5.78 Å². The van der Waals surface area contributed by atoms with Crippen molar-refractivity contribution in [1.29, 1.82) is 0 Å². The molecule has 0 unspecified atom stereocenters. The van der Waals surface area contributed by atoms with Gasteiger partial charge in [0.15, 0.2) is 0 Å². The molecule has 2 heterocycles. The van der Waals surface area contributed by atoms with Crippen LogP contribution in [0.1, 0.15) is 15.2 Å². The Morgan fingerprint density at radius 3 is 2.58 bits per heavy atom. The van der Waals surface area contributed by atoms with Gasteiger partial charge in [-0.25, -0.2) is 4.99 Å². The third kappa shape index (κ3) is 1.71. The number of para-hydroxylation sites is 1.